The highest BCUT2D eigenvalue weighted by atomic mass is 16.1. The Labute approximate surface area is 146 Å². The number of carbonyl (C=O) groups excluding carboxylic acids is 1. The fourth-order valence-electron chi connectivity index (χ4n) is 3.05. The van der Waals surface area contributed by atoms with E-state index in [4.69, 9.17) is 0 Å². The van der Waals surface area contributed by atoms with Gasteiger partial charge in [0.15, 0.2) is 0 Å². The fraction of sp³-hybridized carbons (Fsp3) is 0.529. The van der Waals surface area contributed by atoms with Crippen LogP contribution in [0.15, 0.2) is 35.5 Å². The van der Waals surface area contributed by atoms with Gasteiger partial charge >= 0.3 is 0 Å². The quantitative estimate of drug-likeness (QED) is 0.786. The van der Waals surface area contributed by atoms with Gasteiger partial charge in [0.05, 0.1) is 11.9 Å². The predicted octanol–water partition coefficient (Wildman–Crippen LogP) is 0.400. The van der Waals surface area contributed by atoms with E-state index in [1.165, 1.54) is 4.68 Å². The summed E-state index contributed by atoms with van der Waals surface area (Å²) < 4.78 is 3.15. The monoisotopic (exact) mass is 344 g/mol. The number of aryl methyl sites for hydroxylation is 2. The summed E-state index contributed by atoms with van der Waals surface area (Å²) in [6.07, 6.45) is 7.65. The Balaban J connectivity index is 1.38. The van der Waals surface area contributed by atoms with Crippen molar-refractivity contribution in [3.8, 4) is 0 Å². The average Bonchev–Trinajstić information content (AvgIpc) is 3.27. The van der Waals surface area contributed by atoms with Crippen LogP contribution in [0, 0.1) is 5.92 Å². The minimum absolute atomic E-state index is 0.0841. The third-order valence-corrected chi connectivity index (χ3v) is 4.54. The second-order valence-corrected chi connectivity index (χ2v) is 6.45. The van der Waals surface area contributed by atoms with E-state index in [0.29, 0.717) is 18.9 Å². The highest BCUT2D eigenvalue weighted by Crippen LogP contribution is 2.21. The lowest BCUT2D eigenvalue weighted by Gasteiger charge is -2.18. The average molecular weight is 344 g/mol. The molecule has 0 unspecified atom stereocenters. The van der Waals surface area contributed by atoms with Crippen molar-refractivity contribution in [1.82, 2.24) is 24.9 Å². The van der Waals surface area contributed by atoms with Crippen molar-refractivity contribution in [1.29, 1.82) is 0 Å². The third-order valence-electron chi connectivity index (χ3n) is 4.54. The normalized spacial score (nSPS) is 17.0. The number of hydrogen-bond acceptors (Lipinski definition) is 5. The largest absolute Gasteiger partial charge is 0.370 e. The number of aromatic nitrogens is 4. The Morgan fingerprint density at radius 1 is 1.40 bits per heavy atom. The van der Waals surface area contributed by atoms with E-state index in [9.17, 15) is 9.59 Å². The topological polar surface area (TPSA) is 85.1 Å². The third kappa shape index (κ3) is 4.68. The zero-order chi connectivity index (χ0) is 17.6. The highest BCUT2D eigenvalue weighted by Gasteiger charge is 2.23. The zero-order valence-corrected chi connectivity index (χ0v) is 14.5. The van der Waals surface area contributed by atoms with Gasteiger partial charge in [0.25, 0.3) is 5.56 Å². The highest BCUT2D eigenvalue weighted by molar-refractivity contribution is 5.75. The molecule has 25 heavy (non-hydrogen) atoms. The van der Waals surface area contributed by atoms with Crippen LogP contribution in [0.25, 0.3) is 0 Å². The van der Waals surface area contributed by atoms with Crippen molar-refractivity contribution < 1.29 is 4.79 Å². The smallest absolute Gasteiger partial charge is 0.268 e. The standard InChI is InChI=1S/C17H24N6O2/c1-21-17(25)10-15(12-20-21)22-9-5-14(13-22)11-18-16(24)4-2-7-23-8-3-6-19-23/h3,6,8,10,12,14H,2,4-5,7,9,11,13H2,1H3,(H,18,24)/t14-/m1/s1. The summed E-state index contributed by atoms with van der Waals surface area (Å²) in [7, 11) is 1.64. The first-order valence-corrected chi connectivity index (χ1v) is 8.64. The number of rotatable bonds is 7. The molecule has 8 nitrogen and oxygen atoms in total. The molecule has 3 heterocycles. The van der Waals surface area contributed by atoms with Crippen LogP contribution in [0.2, 0.25) is 0 Å². The van der Waals surface area contributed by atoms with Crippen LogP contribution >= 0.6 is 0 Å². The van der Waals surface area contributed by atoms with Crippen molar-refractivity contribution in [3.63, 3.8) is 0 Å². The fourth-order valence-corrected chi connectivity index (χ4v) is 3.05. The maximum absolute atomic E-state index is 12.0. The molecule has 1 saturated heterocycles. The van der Waals surface area contributed by atoms with Gasteiger partial charge in [0.1, 0.15) is 0 Å². The molecule has 3 rings (SSSR count). The van der Waals surface area contributed by atoms with E-state index in [0.717, 1.165) is 38.2 Å². The van der Waals surface area contributed by atoms with E-state index in [2.05, 4.69) is 20.4 Å². The van der Waals surface area contributed by atoms with Crippen LogP contribution in [0.3, 0.4) is 0 Å². The van der Waals surface area contributed by atoms with Crippen LogP contribution in [0.1, 0.15) is 19.3 Å². The molecule has 134 valence electrons. The van der Waals surface area contributed by atoms with Crippen LogP contribution in [-0.4, -0.2) is 45.1 Å². The number of hydrogen-bond donors (Lipinski definition) is 1. The molecule has 1 aliphatic heterocycles. The van der Waals surface area contributed by atoms with Gasteiger partial charge in [-0.1, -0.05) is 0 Å². The summed E-state index contributed by atoms with van der Waals surface area (Å²) >= 11 is 0. The maximum atomic E-state index is 12.0. The molecule has 1 fully saturated rings. The van der Waals surface area contributed by atoms with E-state index in [1.54, 1.807) is 25.5 Å². The molecule has 0 aliphatic carbocycles. The number of amides is 1. The Bertz CT molecular complexity index is 755. The first-order valence-electron chi connectivity index (χ1n) is 8.64. The number of carbonyl (C=O) groups is 1. The van der Waals surface area contributed by atoms with E-state index < -0.39 is 0 Å². The molecule has 1 atom stereocenters. The predicted molar refractivity (Wildman–Crippen MR) is 94.3 cm³/mol. The Hall–Kier alpha value is -2.64. The second-order valence-electron chi connectivity index (χ2n) is 6.45. The molecule has 0 aromatic carbocycles. The van der Waals surface area contributed by atoms with Gasteiger partial charge in [0, 0.05) is 58.1 Å². The first kappa shape index (κ1) is 17.2. The number of anilines is 1. The van der Waals surface area contributed by atoms with Crippen LogP contribution in [0.4, 0.5) is 5.69 Å². The second kappa shape index (κ2) is 7.96. The Kier molecular flexibility index (Phi) is 5.47. The first-order chi connectivity index (χ1) is 12.1. The lowest BCUT2D eigenvalue weighted by atomic mass is 10.1. The van der Waals surface area contributed by atoms with E-state index >= 15 is 0 Å². The summed E-state index contributed by atoms with van der Waals surface area (Å²) in [5.74, 6) is 0.486. The summed E-state index contributed by atoms with van der Waals surface area (Å²) in [5, 5.41) is 11.2. The van der Waals surface area contributed by atoms with Crippen molar-refractivity contribution >= 4 is 11.6 Å². The molecule has 0 spiro atoms. The molecule has 2 aromatic rings. The van der Waals surface area contributed by atoms with Crippen molar-refractivity contribution in [2.45, 2.75) is 25.8 Å². The zero-order valence-electron chi connectivity index (χ0n) is 14.5. The SMILES string of the molecule is Cn1ncc(N2CC[C@H](CNC(=O)CCCn3cccn3)C2)cc1=O. The van der Waals surface area contributed by atoms with Gasteiger partial charge in [-0.05, 0) is 24.8 Å². The summed E-state index contributed by atoms with van der Waals surface area (Å²) in [6.45, 7) is 3.15. The van der Waals surface area contributed by atoms with Crippen LogP contribution < -0.4 is 15.8 Å². The summed E-state index contributed by atoms with van der Waals surface area (Å²) in [5.41, 5.74) is 0.752. The van der Waals surface area contributed by atoms with Gasteiger partial charge in [-0.3, -0.25) is 14.3 Å². The molecule has 2 aromatic heterocycles. The Morgan fingerprint density at radius 3 is 3.04 bits per heavy atom. The molecule has 1 N–H and O–H groups in total. The summed E-state index contributed by atoms with van der Waals surface area (Å²) in [6, 6.07) is 3.49. The molecular formula is C17H24N6O2. The van der Waals surface area contributed by atoms with Gasteiger partial charge < -0.3 is 10.2 Å². The molecule has 1 aliphatic rings. The van der Waals surface area contributed by atoms with E-state index in [-0.39, 0.29) is 11.5 Å². The van der Waals surface area contributed by atoms with Crippen molar-refractivity contribution in [3.05, 3.63) is 41.1 Å². The molecule has 0 saturated carbocycles. The molecular weight excluding hydrogens is 320 g/mol. The van der Waals surface area contributed by atoms with E-state index in [1.807, 2.05) is 16.9 Å². The van der Waals surface area contributed by atoms with Gasteiger partial charge in [-0.2, -0.15) is 10.2 Å². The maximum Gasteiger partial charge on any atom is 0.268 e. The summed E-state index contributed by atoms with van der Waals surface area (Å²) in [4.78, 5) is 25.8. The van der Waals surface area contributed by atoms with Crippen LogP contribution in [-0.2, 0) is 18.4 Å². The number of nitrogens with zero attached hydrogens (tertiary/aromatic N) is 5. The van der Waals surface area contributed by atoms with Crippen molar-refractivity contribution in [2.24, 2.45) is 13.0 Å². The molecule has 0 bridgehead atoms. The van der Waals surface area contributed by atoms with Crippen molar-refractivity contribution in [2.75, 3.05) is 24.5 Å². The van der Waals surface area contributed by atoms with Gasteiger partial charge in [-0.15, -0.1) is 0 Å². The number of nitrogens with one attached hydrogen (secondary N) is 1. The van der Waals surface area contributed by atoms with Gasteiger partial charge in [-0.25, -0.2) is 4.68 Å². The molecule has 0 radical (unpaired) electrons. The lowest BCUT2D eigenvalue weighted by Crippen LogP contribution is -2.31. The minimum atomic E-state index is -0.105. The minimum Gasteiger partial charge on any atom is -0.370 e. The lowest BCUT2D eigenvalue weighted by molar-refractivity contribution is -0.121. The molecule has 1 amide bonds. The Morgan fingerprint density at radius 2 is 2.28 bits per heavy atom. The van der Waals surface area contributed by atoms with Crippen LogP contribution in [0.5, 0.6) is 0 Å². The molecule has 8 heteroatoms. The van der Waals surface area contributed by atoms with Gasteiger partial charge in [0.2, 0.25) is 5.91 Å².